The molecule has 1 N–H and O–H groups in total. The summed E-state index contributed by atoms with van der Waals surface area (Å²) in [5.74, 6) is 0.383. The third kappa shape index (κ3) is 4.46. The van der Waals surface area contributed by atoms with Crippen LogP contribution in [-0.4, -0.2) is 45.2 Å². The summed E-state index contributed by atoms with van der Waals surface area (Å²) in [6.45, 7) is 1.18. The Balaban J connectivity index is 1.15. The van der Waals surface area contributed by atoms with E-state index in [1.165, 1.54) is 0 Å². The summed E-state index contributed by atoms with van der Waals surface area (Å²) in [4.78, 5) is 13.9. The molecule has 3 heterocycles. The summed E-state index contributed by atoms with van der Waals surface area (Å²) in [6, 6.07) is 10.0. The van der Waals surface area contributed by atoms with Crippen molar-refractivity contribution in [3.8, 4) is 11.3 Å². The quantitative estimate of drug-likeness (QED) is 0.620. The van der Waals surface area contributed by atoms with Gasteiger partial charge in [-0.3, -0.25) is 4.90 Å². The van der Waals surface area contributed by atoms with Crippen molar-refractivity contribution in [1.29, 1.82) is 0 Å². The Morgan fingerprint density at radius 2 is 1.94 bits per heavy atom. The third-order valence-corrected chi connectivity index (χ3v) is 6.26. The van der Waals surface area contributed by atoms with Crippen molar-refractivity contribution in [2.75, 3.05) is 23.3 Å². The van der Waals surface area contributed by atoms with Gasteiger partial charge in [0.2, 0.25) is 0 Å². The first-order valence-electron chi connectivity index (χ1n) is 10.8. The predicted molar refractivity (Wildman–Crippen MR) is 116 cm³/mol. The van der Waals surface area contributed by atoms with Crippen molar-refractivity contribution in [1.82, 2.24) is 20.4 Å². The van der Waals surface area contributed by atoms with E-state index in [0.29, 0.717) is 30.6 Å². The van der Waals surface area contributed by atoms with Gasteiger partial charge in [-0.15, -0.1) is 15.3 Å². The number of nitrogens with one attached hydrogen (secondary N) is 1. The van der Waals surface area contributed by atoms with Gasteiger partial charge < -0.3 is 10.1 Å². The molecule has 1 saturated carbocycles. The zero-order valence-corrected chi connectivity index (χ0v) is 17.7. The van der Waals surface area contributed by atoms with Crippen LogP contribution in [0, 0.1) is 17.6 Å². The van der Waals surface area contributed by atoms with Crippen molar-refractivity contribution >= 4 is 17.7 Å². The highest BCUT2D eigenvalue weighted by atomic mass is 19.1. The van der Waals surface area contributed by atoms with E-state index in [9.17, 15) is 13.6 Å². The van der Waals surface area contributed by atoms with Gasteiger partial charge in [-0.2, -0.15) is 5.10 Å². The van der Waals surface area contributed by atoms with E-state index in [1.54, 1.807) is 35.4 Å². The highest BCUT2D eigenvalue weighted by Gasteiger charge is 2.48. The molecule has 2 fully saturated rings. The molecule has 0 unspecified atom stereocenters. The number of aromatic nitrogens is 4. The second kappa shape index (κ2) is 8.68. The van der Waals surface area contributed by atoms with Crippen LogP contribution in [0.5, 0.6) is 0 Å². The van der Waals surface area contributed by atoms with Gasteiger partial charge in [-0.25, -0.2) is 13.6 Å². The average molecular weight is 452 g/mol. The largest absolute Gasteiger partial charge is 0.441 e. The molecule has 1 aromatic carbocycles. The summed E-state index contributed by atoms with van der Waals surface area (Å²) in [7, 11) is 0. The molecule has 2 aromatic heterocycles. The Hall–Kier alpha value is -3.69. The lowest BCUT2D eigenvalue weighted by atomic mass is 9.78. The van der Waals surface area contributed by atoms with E-state index in [2.05, 4.69) is 25.7 Å². The number of ether oxygens (including phenoxy) is 1. The number of hydrogen-bond acceptors (Lipinski definition) is 7. The van der Waals surface area contributed by atoms with Gasteiger partial charge in [0.1, 0.15) is 23.1 Å². The molecule has 10 heteroatoms. The van der Waals surface area contributed by atoms with Gasteiger partial charge in [0.05, 0.1) is 12.2 Å². The van der Waals surface area contributed by atoms with Crippen LogP contribution in [0.4, 0.5) is 25.2 Å². The van der Waals surface area contributed by atoms with Crippen LogP contribution in [0.15, 0.2) is 48.7 Å². The molecule has 0 atom stereocenters. The standard InChI is InChI=1S/C23H22F2N6O2/c24-16-3-4-18(25)17(12-16)19-5-6-20(29-28-19)26-13-15-7-9-23(10-8-15)14-31(22(32)33-23)21-2-1-11-27-30-21/h1-6,11-12,15H,7-10,13-14H2,(H,26,29)/t15-,23-. The van der Waals surface area contributed by atoms with Gasteiger partial charge in [-0.1, -0.05) is 0 Å². The number of benzene rings is 1. The fourth-order valence-electron chi connectivity index (χ4n) is 4.42. The molecule has 0 radical (unpaired) electrons. The Kier molecular flexibility index (Phi) is 5.57. The SMILES string of the molecule is O=C1O[C@]2(CC[C@H](CNc3ccc(-c4cc(F)ccc4F)nn3)CC2)CN1c1cccnn1. The number of carbonyl (C=O) groups excluding carboxylic acids is 1. The topological polar surface area (TPSA) is 93.1 Å². The zero-order chi connectivity index (χ0) is 22.8. The van der Waals surface area contributed by atoms with Crippen molar-refractivity contribution < 1.29 is 18.3 Å². The fraction of sp³-hybridized carbons (Fsp3) is 0.348. The van der Waals surface area contributed by atoms with E-state index in [0.717, 1.165) is 43.9 Å². The molecule has 1 saturated heterocycles. The van der Waals surface area contributed by atoms with Gasteiger partial charge >= 0.3 is 6.09 Å². The summed E-state index contributed by atoms with van der Waals surface area (Å²) in [5, 5.41) is 19.2. The van der Waals surface area contributed by atoms with E-state index in [4.69, 9.17) is 4.74 Å². The Bertz CT molecular complexity index is 1140. The molecule has 2 aliphatic rings. The van der Waals surface area contributed by atoms with E-state index < -0.39 is 17.2 Å². The van der Waals surface area contributed by atoms with Crippen LogP contribution >= 0.6 is 0 Å². The lowest BCUT2D eigenvalue weighted by Crippen LogP contribution is -2.39. The maximum absolute atomic E-state index is 13.9. The van der Waals surface area contributed by atoms with Crippen LogP contribution in [0.1, 0.15) is 25.7 Å². The molecule has 1 aliphatic heterocycles. The third-order valence-electron chi connectivity index (χ3n) is 6.26. The van der Waals surface area contributed by atoms with E-state index in [1.807, 2.05) is 0 Å². The second-order valence-corrected chi connectivity index (χ2v) is 8.47. The number of carbonyl (C=O) groups is 1. The summed E-state index contributed by atoms with van der Waals surface area (Å²) >= 11 is 0. The molecule has 1 spiro atoms. The van der Waals surface area contributed by atoms with Crippen molar-refractivity contribution in [3.05, 3.63) is 60.3 Å². The molecule has 1 aliphatic carbocycles. The molecule has 1 amide bonds. The zero-order valence-electron chi connectivity index (χ0n) is 17.7. The van der Waals surface area contributed by atoms with Crippen LogP contribution in [0.3, 0.4) is 0 Å². The molecule has 5 rings (SSSR count). The average Bonchev–Trinajstić information content (AvgIpc) is 3.17. The monoisotopic (exact) mass is 452 g/mol. The summed E-state index contributed by atoms with van der Waals surface area (Å²) in [6.07, 6.45) is 4.52. The van der Waals surface area contributed by atoms with Gasteiger partial charge in [-0.05, 0) is 74.1 Å². The lowest BCUT2D eigenvalue weighted by Gasteiger charge is -2.35. The minimum absolute atomic E-state index is 0.0771. The number of nitrogens with zero attached hydrogens (tertiary/aromatic N) is 5. The summed E-state index contributed by atoms with van der Waals surface area (Å²) < 4.78 is 33.1. The normalized spacial score (nSPS) is 22.4. The van der Waals surface area contributed by atoms with Crippen molar-refractivity contribution in [3.63, 3.8) is 0 Å². The molecular formula is C23H22F2N6O2. The van der Waals surface area contributed by atoms with Crippen LogP contribution in [0.25, 0.3) is 11.3 Å². The van der Waals surface area contributed by atoms with E-state index >= 15 is 0 Å². The van der Waals surface area contributed by atoms with Crippen molar-refractivity contribution in [2.45, 2.75) is 31.3 Å². The first-order chi connectivity index (χ1) is 16.0. The van der Waals surface area contributed by atoms with Gasteiger partial charge in [0.25, 0.3) is 0 Å². The maximum atomic E-state index is 13.9. The number of anilines is 2. The van der Waals surface area contributed by atoms with Crippen LogP contribution < -0.4 is 10.2 Å². The predicted octanol–water partition coefficient (Wildman–Crippen LogP) is 4.21. The first kappa shape index (κ1) is 21.2. The summed E-state index contributed by atoms with van der Waals surface area (Å²) in [5.41, 5.74) is -0.136. The Labute approximate surface area is 189 Å². The highest BCUT2D eigenvalue weighted by molar-refractivity contribution is 5.89. The van der Waals surface area contributed by atoms with Crippen LogP contribution in [-0.2, 0) is 4.74 Å². The minimum Gasteiger partial charge on any atom is -0.441 e. The molecule has 33 heavy (non-hydrogen) atoms. The number of amides is 1. The number of rotatable bonds is 5. The van der Waals surface area contributed by atoms with Gasteiger partial charge in [0.15, 0.2) is 5.82 Å². The van der Waals surface area contributed by atoms with E-state index in [-0.39, 0.29) is 17.4 Å². The molecule has 8 nitrogen and oxygen atoms in total. The maximum Gasteiger partial charge on any atom is 0.416 e. The van der Waals surface area contributed by atoms with Gasteiger partial charge in [0, 0.05) is 18.3 Å². The fourth-order valence-corrected chi connectivity index (χ4v) is 4.42. The van der Waals surface area contributed by atoms with Crippen LogP contribution in [0.2, 0.25) is 0 Å². The highest BCUT2D eigenvalue weighted by Crippen LogP contribution is 2.40. The molecule has 0 bridgehead atoms. The molecule has 3 aromatic rings. The lowest BCUT2D eigenvalue weighted by molar-refractivity contribution is 0.0148. The van der Waals surface area contributed by atoms with Crippen molar-refractivity contribution in [2.24, 2.45) is 5.92 Å². The number of halogens is 2. The molecule has 170 valence electrons. The second-order valence-electron chi connectivity index (χ2n) is 8.47. The minimum atomic E-state index is -0.548. The Morgan fingerprint density at radius 1 is 1.09 bits per heavy atom. The molecular weight excluding hydrogens is 430 g/mol. The smallest absolute Gasteiger partial charge is 0.416 e. The Morgan fingerprint density at radius 3 is 2.67 bits per heavy atom. The first-order valence-corrected chi connectivity index (χ1v) is 10.8. The number of hydrogen-bond donors (Lipinski definition) is 1.